The van der Waals surface area contributed by atoms with Crippen molar-refractivity contribution >= 4 is 23.5 Å². The van der Waals surface area contributed by atoms with E-state index in [1.807, 2.05) is 6.26 Å². The van der Waals surface area contributed by atoms with Crippen molar-refractivity contribution in [3.63, 3.8) is 0 Å². The van der Waals surface area contributed by atoms with E-state index >= 15 is 0 Å². The predicted octanol–water partition coefficient (Wildman–Crippen LogP) is 2.33. The van der Waals surface area contributed by atoms with Crippen molar-refractivity contribution in [3.05, 3.63) is 23.9 Å². The molecule has 0 unspecified atom stereocenters. The Kier molecular flexibility index (Phi) is 4.18. The molecule has 0 fully saturated rings. The number of anilines is 1. The third kappa shape index (κ3) is 3.73. The van der Waals surface area contributed by atoms with E-state index in [0.717, 1.165) is 6.54 Å². The van der Waals surface area contributed by atoms with Crippen molar-refractivity contribution in [2.75, 3.05) is 18.1 Å². The number of carbonyl (C=O) groups is 1. The summed E-state index contributed by atoms with van der Waals surface area (Å²) in [6, 6.07) is 4.93. The minimum absolute atomic E-state index is 0.0620. The summed E-state index contributed by atoms with van der Waals surface area (Å²) in [5.74, 6) is -0.408. The van der Waals surface area contributed by atoms with Crippen LogP contribution < -0.4 is 5.32 Å². The Bertz CT molecular complexity index is 380. The standard InChI is InChI=1S/C11H16N2O2S/c1-11(2,16-3)7-12-9-6-4-5-8(13-9)10(14)15/h4-6H,7H2,1-3H3,(H,12,13)(H,14,15). The summed E-state index contributed by atoms with van der Waals surface area (Å²) >= 11 is 1.75. The van der Waals surface area contributed by atoms with Crippen LogP contribution >= 0.6 is 11.8 Å². The lowest BCUT2D eigenvalue weighted by molar-refractivity contribution is 0.0690. The molecule has 88 valence electrons. The molecule has 0 aliphatic rings. The van der Waals surface area contributed by atoms with Crippen LogP contribution in [0.2, 0.25) is 0 Å². The molecule has 0 spiro atoms. The summed E-state index contributed by atoms with van der Waals surface area (Å²) in [5, 5.41) is 11.9. The number of pyridine rings is 1. The fourth-order valence-electron chi connectivity index (χ4n) is 1.03. The van der Waals surface area contributed by atoms with Gasteiger partial charge in [-0.15, -0.1) is 0 Å². The second kappa shape index (κ2) is 5.21. The maximum absolute atomic E-state index is 10.7. The number of nitrogens with one attached hydrogen (secondary N) is 1. The fraction of sp³-hybridized carbons (Fsp3) is 0.455. The highest BCUT2D eigenvalue weighted by molar-refractivity contribution is 7.99. The van der Waals surface area contributed by atoms with Gasteiger partial charge in [-0.2, -0.15) is 11.8 Å². The molecule has 0 atom stereocenters. The molecular formula is C11H16N2O2S. The normalized spacial score (nSPS) is 11.2. The molecule has 0 bridgehead atoms. The Labute approximate surface area is 99.5 Å². The second-order valence-electron chi connectivity index (χ2n) is 4.03. The van der Waals surface area contributed by atoms with Gasteiger partial charge in [0.2, 0.25) is 0 Å². The smallest absolute Gasteiger partial charge is 0.354 e. The van der Waals surface area contributed by atoms with E-state index in [9.17, 15) is 4.79 Å². The highest BCUT2D eigenvalue weighted by atomic mass is 32.2. The fourth-order valence-corrected chi connectivity index (χ4v) is 1.24. The molecule has 0 aliphatic heterocycles. The van der Waals surface area contributed by atoms with Crippen LogP contribution in [0.1, 0.15) is 24.3 Å². The van der Waals surface area contributed by atoms with Crippen LogP contribution in [0.4, 0.5) is 5.82 Å². The predicted molar refractivity (Wildman–Crippen MR) is 67.3 cm³/mol. The molecule has 1 heterocycles. The molecule has 0 saturated heterocycles. The maximum atomic E-state index is 10.7. The number of carboxylic acid groups (broad SMARTS) is 1. The lowest BCUT2D eigenvalue weighted by Gasteiger charge is -2.22. The number of rotatable bonds is 5. The summed E-state index contributed by atoms with van der Waals surface area (Å²) in [4.78, 5) is 14.7. The first-order chi connectivity index (χ1) is 7.44. The van der Waals surface area contributed by atoms with Crippen molar-refractivity contribution in [1.29, 1.82) is 0 Å². The zero-order chi connectivity index (χ0) is 12.2. The van der Waals surface area contributed by atoms with Gasteiger partial charge in [0.15, 0.2) is 5.69 Å². The third-order valence-electron chi connectivity index (χ3n) is 2.22. The number of aromatic carboxylic acids is 1. The Hall–Kier alpha value is -1.23. The van der Waals surface area contributed by atoms with Crippen LogP contribution in [0, 0.1) is 0 Å². The van der Waals surface area contributed by atoms with E-state index < -0.39 is 5.97 Å². The summed E-state index contributed by atoms with van der Waals surface area (Å²) in [6.45, 7) is 4.97. The molecule has 2 N–H and O–H groups in total. The van der Waals surface area contributed by atoms with Gasteiger partial charge in [-0.05, 0) is 32.2 Å². The van der Waals surface area contributed by atoms with Crippen molar-refractivity contribution in [3.8, 4) is 0 Å². The van der Waals surface area contributed by atoms with E-state index in [-0.39, 0.29) is 10.4 Å². The molecule has 4 nitrogen and oxygen atoms in total. The maximum Gasteiger partial charge on any atom is 0.354 e. The Morgan fingerprint density at radius 3 is 2.81 bits per heavy atom. The molecule has 0 amide bonds. The average molecular weight is 240 g/mol. The first kappa shape index (κ1) is 12.8. The van der Waals surface area contributed by atoms with Crippen LogP contribution in [0.25, 0.3) is 0 Å². The summed E-state index contributed by atoms with van der Waals surface area (Å²) < 4.78 is 0.0981. The molecule has 1 aromatic heterocycles. The monoisotopic (exact) mass is 240 g/mol. The minimum Gasteiger partial charge on any atom is -0.477 e. The quantitative estimate of drug-likeness (QED) is 0.827. The van der Waals surface area contributed by atoms with Crippen molar-refractivity contribution < 1.29 is 9.90 Å². The van der Waals surface area contributed by atoms with Crippen LogP contribution in [0.15, 0.2) is 18.2 Å². The number of nitrogens with zero attached hydrogens (tertiary/aromatic N) is 1. The van der Waals surface area contributed by atoms with Crippen LogP contribution in [-0.4, -0.2) is 33.6 Å². The number of hydrogen-bond acceptors (Lipinski definition) is 4. The van der Waals surface area contributed by atoms with Gasteiger partial charge in [-0.25, -0.2) is 9.78 Å². The van der Waals surface area contributed by atoms with Gasteiger partial charge in [-0.3, -0.25) is 0 Å². The average Bonchev–Trinajstić information content (AvgIpc) is 2.27. The van der Waals surface area contributed by atoms with Gasteiger partial charge in [0, 0.05) is 11.3 Å². The Morgan fingerprint density at radius 2 is 2.25 bits per heavy atom. The van der Waals surface area contributed by atoms with E-state index in [4.69, 9.17) is 5.11 Å². The van der Waals surface area contributed by atoms with E-state index in [2.05, 4.69) is 24.1 Å². The highest BCUT2D eigenvalue weighted by Crippen LogP contribution is 2.21. The zero-order valence-electron chi connectivity index (χ0n) is 9.65. The number of carboxylic acids is 1. The second-order valence-corrected chi connectivity index (χ2v) is 5.54. The Morgan fingerprint density at radius 1 is 1.56 bits per heavy atom. The molecule has 5 heteroatoms. The van der Waals surface area contributed by atoms with E-state index in [0.29, 0.717) is 5.82 Å². The number of thioether (sulfide) groups is 1. The molecule has 0 saturated carbocycles. The molecule has 1 aromatic rings. The van der Waals surface area contributed by atoms with Crippen LogP contribution in [0.3, 0.4) is 0 Å². The minimum atomic E-state index is -1.01. The summed E-state index contributed by atoms with van der Waals surface area (Å²) in [7, 11) is 0. The lowest BCUT2D eigenvalue weighted by Crippen LogP contribution is -2.26. The largest absolute Gasteiger partial charge is 0.477 e. The third-order valence-corrected chi connectivity index (χ3v) is 3.47. The molecule has 0 aliphatic carbocycles. The van der Waals surface area contributed by atoms with Gasteiger partial charge >= 0.3 is 5.97 Å². The van der Waals surface area contributed by atoms with E-state index in [1.54, 1.807) is 23.9 Å². The van der Waals surface area contributed by atoms with Gasteiger partial charge in [-0.1, -0.05) is 6.07 Å². The number of aromatic nitrogens is 1. The van der Waals surface area contributed by atoms with Gasteiger partial charge in [0.25, 0.3) is 0 Å². The van der Waals surface area contributed by atoms with Gasteiger partial charge in [0.05, 0.1) is 0 Å². The SMILES string of the molecule is CSC(C)(C)CNc1cccc(C(=O)O)n1. The summed E-state index contributed by atoms with van der Waals surface area (Å²) in [5.41, 5.74) is 0.0620. The molecular weight excluding hydrogens is 224 g/mol. The molecule has 1 rings (SSSR count). The first-order valence-corrected chi connectivity index (χ1v) is 6.16. The van der Waals surface area contributed by atoms with E-state index in [1.165, 1.54) is 6.07 Å². The van der Waals surface area contributed by atoms with Gasteiger partial charge in [0.1, 0.15) is 5.82 Å². The Balaban J connectivity index is 2.68. The topological polar surface area (TPSA) is 62.2 Å². The lowest BCUT2D eigenvalue weighted by atomic mass is 10.2. The van der Waals surface area contributed by atoms with Crippen molar-refractivity contribution in [1.82, 2.24) is 4.98 Å². The van der Waals surface area contributed by atoms with Crippen LogP contribution in [-0.2, 0) is 0 Å². The first-order valence-electron chi connectivity index (χ1n) is 4.94. The summed E-state index contributed by atoms with van der Waals surface area (Å²) in [6.07, 6.45) is 2.04. The van der Waals surface area contributed by atoms with Crippen molar-refractivity contribution in [2.45, 2.75) is 18.6 Å². The number of hydrogen-bond donors (Lipinski definition) is 2. The molecule has 16 heavy (non-hydrogen) atoms. The zero-order valence-corrected chi connectivity index (χ0v) is 10.5. The van der Waals surface area contributed by atoms with Crippen LogP contribution in [0.5, 0.6) is 0 Å². The van der Waals surface area contributed by atoms with Crippen molar-refractivity contribution in [2.24, 2.45) is 0 Å². The highest BCUT2D eigenvalue weighted by Gasteiger charge is 2.15. The molecule has 0 aromatic carbocycles. The molecule has 0 radical (unpaired) electrons. The van der Waals surface area contributed by atoms with Gasteiger partial charge < -0.3 is 10.4 Å².